The molecule has 1 amide bonds. The molecule has 0 fully saturated rings. The Morgan fingerprint density at radius 2 is 1.96 bits per heavy atom. The van der Waals surface area contributed by atoms with E-state index in [0.717, 1.165) is 18.4 Å². The van der Waals surface area contributed by atoms with E-state index in [4.69, 9.17) is 4.74 Å². The van der Waals surface area contributed by atoms with E-state index in [0.29, 0.717) is 30.0 Å². The van der Waals surface area contributed by atoms with Crippen LogP contribution < -0.4 is 10.1 Å². The van der Waals surface area contributed by atoms with Crippen molar-refractivity contribution in [1.82, 2.24) is 25.1 Å². The summed E-state index contributed by atoms with van der Waals surface area (Å²) in [5, 5.41) is 7.42. The predicted molar refractivity (Wildman–Crippen MR) is 100 cm³/mol. The molecule has 3 rings (SSSR count). The van der Waals surface area contributed by atoms with Gasteiger partial charge in [-0.15, -0.1) is 0 Å². The Morgan fingerprint density at radius 1 is 1.19 bits per heavy atom. The lowest BCUT2D eigenvalue weighted by molar-refractivity contribution is 0.0943. The first kappa shape index (κ1) is 17.8. The molecular formula is C19H23N5O2. The Balaban J connectivity index is 2.10. The summed E-state index contributed by atoms with van der Waals surface area (Å²) in [6.45, 7) is 4.92. The maximum Gasteiger partial charge on any atom is 0.275 e. The summed E-state index contributed by atoms with van der Waals surface area (Å²) in [6, 6.07) is 9.74. The summed E-state index contributed by atoms with van der Waals surface area (Å²) in [4.78, 5) is 21.7. The molecule has 2 aromatic heterocycles. The van der Waals surface area contributed by atoms with Crippen LogP contribution in [0.3, 0.4) is 0 Å². The lowest BCUT2D eigenvalue weighted by atomic mass is 10.1. The van der Waals surface area contributed by atoms with E-state index in [1.54, 1.807) is 11.7 Å². The van der Waals surface area contributed by atoms with Gasteiger partial charge < -0.3 is 10.1 Å². The molecule has 1 aromatic carbocycles. The fourth-order valence-corrected chi connectivity index (χ4v) is 2.68. The number of carbonyl (C=O) groups is 1. The van der Waals surface area contributed by atoms with Crippen molar-refractivity contribution in [3.63, 3.8) is 0 Å². The maximum absolute atomic E-state index is 12.6. The van der Waals surface area contributed by atoms with E-state index < -0.39 is 0 Å². The van der Waals surface area contributed by atoms with Crippen LogP contribution in [0.1, 0.15) is 37.2 Å². The molecule has 0 saturated carbocycles. The second kappa shape index (κ2) is 7.95. The van der Waals surface area contributed by atoms with Gasteiger partial charge in [-0.25, -0.2) is 9.67 Å². The van der Waals surface area contributed by atoms with E-state index in [1.807, 2.05) is 37.3 Å². The number of amides is 1. The second-order valence-corrected chi connectivity index (χ2v) is 5.93. The third-order valence-electron chi connectivity index (χ3n) is 3.99. The first-order valence-electron chi connectivity index (χ1n) is 8.86. The molecule has 0 saturated heterocycles. The molecule has 1 N–H and O–H groups in total. The van der Waals surface area contributed by atoms with E-state index in [9.17, 15) is 4.79 Å². The van der Waals surface area contributed by atoms with Gasteiger partial charge in [0, 0.05) is 19.2 Å². The molecule has 7 heteroatoms. The van der Waals surface area contributed by atoms with Crippen LogP contribution >= 0.6 is 0 Å². The molecule has 0 bridgehead atoms. The molecule has 3 aromatic rings. The summed E-state index contributed by atoms with van der Waals surface area (Å²) >= 11 is 0. The van der Waals surface area contributed by atoms with Gasteiger partial charge in [-0.05, 0) is 13.3 Å². The van der Waals surface area contributed by atoms with Crippen molar-refractivity contribution in [2.45, 2.75) is 26.7 Å². The number of hydrogen-bond acceptors (Lipinski definition) is 5. The summed E-state index contributed by atoms with van der Waals surface area (Å²) < 4.78 is 7.23. The molecule has 0 atom stereocenters. The van der Waals surface area contributed by atoms with Crippen molar-refractivity contribution in [1.29, 1.82) is 0 Å². The van der Waals surface area contributed by atoms with Crippen molar-refractivity contribution in [3.05, 3.63) is 36.0 Å². The van der Waals surface area contributed by atoms with Crippen molar-refractivity contribution < 1.29 is 9.53 Å². The highest BCUT2D eigenvalue weighted by atomic mass is 16.5. The molecule has 0 spiro atoms. The van der Waals surface area contributed by atoms with Crippen molar-refractivity contribution >= 4 is 17.1 Å². The van der Waals surface area contributed by atoms with Gasteiger partial charge in [0.1, 0.15) is 11.2 Å². The SMILES string of the molecule is CCCCNC(=O)c1nc2c(-c3ccccc3)nn(C)c2nc1OCC. The molecule has 2 heterocycles. The van der Waals surface area contributed by atoms with Gasteiger partial charge in [-0.2, -0.15) is 10.1 Å². The Morgan fingerprint density at radius 3 is 2.65 bits per heavy atom. The summed E-state index contributed by atoms with van der Waals surface area (Å²) in [5.41, 5.74) is 2.98. The zero-order valence-electron chi connectivity index (χ0n) is 15.3. The Bertz CT molecular complexity index is 905. The van der Waals surface area contributed by atoms with Crippen molar-refractivity contribution in [2.24, 2.45) is 7.05 Å². The Hall–Kier alpha value is -2.96. The van der Waals surface area contributed by atoms with Gasteiger partial charge in [-0.1, -0.05) is 43.7 Å². The van der Waals surface area contributed by atoms with Gasteiger partial charge in [0.25, 0.3) is 5.91 Å². The number of hydrogen-bond donors (Lipinski definition) is 1. The molecule has 136 valence electrons. The molecule has 0 aliphatic rings. The fourth-order valence-electron chi connectivity index (χ4n) is 2.68. The number of unbranched alkanes of at least 4 members (excludes halogenated alkanes) is 1. The zero-order valence-corrected chi connectivity index (χ0v) is 15.3. The zero-order chi connectivity index (χ0) is 18.5. The van der Waals surface area contributed by atoms with Crippen LogP contribution in [0.15, 0.2) is 30.3 Å². The average molecular weight is 353 g/mol. The smallest absolute Gasteiger partial charge is 0.275 e. The van der Waals surface area contributed by atoms with Crippen molar-refractivity contribution in [3.8, 4) is 17.1 Å². The molecular weight excluding hydrogens is 330 g/mol. The van der Waals surface area contributed by atoms with Gasteiger partial charge in [0.2, 0.25) is 5.88 Å². The Kier molecular flexibility index (Phi) is 5.46. The molecule has 26 heavy (non-hydrogen) atoms. The molecule has 0 aliphatic carbocycles. The Labute approximate surface area is 152 Å². The summed E-state index contributed by atoms with van der Waals surface area (Å²) in [7, 11) is 1.81. The van der Waals surface area contributed by atoms with Crippen LogP contribution in [0.5, 0.6) is 5.88 Å². The number of benzene rings is 1. The number of carbonyl (C=O) groups excluding carboxylic acids is 1. The molecule has 7 nitrogen and oxygen atoms in total. The third-order valence-corrected chi connectivity index (χ3v) is 3.99. The lowest BCUT2D eigenvalue weighted by Gasteiger charge is -2.09. The monoisotopic (exact) mass is 353 g/mol. The summed E-state index contributed by atoms with van der Waals surface area (Å²) in [5.74, 6) is -0.0456. The van der Waals surface area contributed by atoms with E-state index in [2.05, 4.69) is 27.3 Å². The number of ether oxygens (including phenoxy) is 1. The minimum atomic E-state index is -0.279. The highest BCUT2D eigenvalue weighted by molar-refractivity contribution is 5.98. The van der Waals surface area contributed by atoms with Crippen LogP contribution in [-0.2, 0) is 7.05 Å². The van der Waals surface area contributed by atoms with Crippen LogP contribution in [0, 0.1) is 0 Å². The summed E-state index contributed by atoms with van der Waals surface area (Å²) in [6.07, 6.45) is 1.91. The minimum absolute atomic E-state index is 0.195. The highest BCUT2D eigenvalue weighted by Gasteiger charge is 2.22. The van der Waals surface area contributed by atoms with E-state index >= 15 is 0 Å². The number of nitrogens with one attached hydrogen (secondary N) is 1. The quantitative estimate of drug-likeness (QED) is 0.660. The fraction of sp³-hybridized carbons (Fsp3) is 0.368. The predicted octanol–water partition coefficient (Wildman–Crippen LogP) is 2.96. The minimum Gasteiger partial charge on any atom is -0.476 e. The highest BCUT2D eigenvalue weighted by Crippen LogP contribution is 2.27. The normalized spacial score (nSPS) is 10.9. The number of rotatable bonds is 7. The van der Waals surface area contributed by atoms with E-state index in [1.165, 1.54) is 0 Å². The molecule has 0 aliphatic heterocycles. The van der Waals surface area contributed by atoms with Gasteiger partial charge in [0.05, 0.1) is 6.61 Å². The van der Waals surface area contributed by atoms with Crippen LogP contribution in [0.4, 0.5) is 0 Å². The number of aryl methyl sites for hydroxylation is 1. The third kappa shape index (κ3) is 3.51. The van der Waals surface area contributed by atoms with Crippen molar-refractivity contribution in [2.75, 3.05) is 13.2 Å². The lowest BCUT2D eigenvalue weighted by Crippen LogP contribution is -2.26. The maximum atomic E-state index is 12.6. The largest absolute Gasteiger partial charge is 0.476 e. The van der Waals surface area contributed by atoms with Crippen LogP contribution in [-0.4, -0.2) is 38.8 Å². The van der Waals surface area contributed by atoms with Gasteiger partial charge >= 0.3 is 0 Å². The van der Waals surface area contributed by atoms with Gasteiger partial charge in [-0.3, -0.25) is 4.79 Å². The number of aromatic nitrogens is 4. The molecule has 0 radical (unpaired) electrons. The number of nitrogens with zero attached hydrogens (tertiary/aromatic N) is 4. The first-order valence-corrected chi connectivity index (χ1v) is 8.86. The van der Waals surface area contributed by atoms with Crippen LogP contribution in [0.25, 0.3) is 22.4 Å². The molecule has 0 unspecified atom stereocenters. The average Bonchev–Trinajstić information content (AvgIpc) is 2.98. The number of fused-ring (bicyclic) bond motifs is 1. The van der Waals surface area contributed by atoms with Crippen LogP contribution in [0.2, 0.25) is 0 Å². The van der Waals surface area contributed by atoms with Gasteiger partial charge in [0.15, 0.2) is 11.3 Å². The van der Waals surface area contributed by atoms with E-state index in [-0.39, 0.29) is 17.5 Å². The first-order chi connectivity index (χ1) is 12.7. The topological polar surface area (TPSA) is 81.9 Å². The standard InChI is InChI=1S/C19H23N5O2/c1-4-6-12-20-18(25)16-19(26-5-2)22-17-15(21-16)14(23-24(17)3)13-10-8-7-9-11-13/h7-11H,4-6,12H2,1-3H3,(H,20,25). The second-order valence-electron chi connectivity index (χ2n) is 5.93.